The summed E-state index contributed by atoms with van der Waals surface area (Å²) in [6.07, 6.45) is 7.74. The maximum absolute atomic E-state index is 12.4. The second-order valence-corrected chi connectivity index (χ2v) is 8.50. The molecule has 2 aliphatic heterocycles. The fourth-order valence-electron chi connectivity index (χ4n) is 4.57. The number of unbranched alkanes of at least 4 members (excludes halogenated alkanes) is 2. The zero-order valence-corrected chi connectivity index (χ0v) is 17.6. The van der Waals surface area contributed by atoms with Gasteiger partial charge >= 0.3 is 0 Å². The molecule has 2 aromatic rings. The number of nitrogens with zero attached hydrogens (tertiary/aromatic N) is 1. The summed E-state index contributed by atoms with van der Waals surface area (Å²) in [7, 11) is 0. The van der Waals surface area contributed by atoms with Gasteiger partial charge in [0.2, 0.25) is 5.91 Å². The first-order chi connectivity index (χ1) is 14.0. The predicted octanol–water partition coefficient (Wildman–Crippen LogP) is 4.89. The van der Waals surface area contributed by atoms with E-state index in [0.717, 1.165) is 30.0 Å². The van der Waals surface area contributed by atoms with Crippen LogP contribution in [0.25, 0.3) is 6.08 Å². The van der Waals surface area contributed by atoms with Crippen molar-refractivity contribution in [2.75, 3.05) is 18.1 Å². The Morgan fingerprint density at radius 3 is 2.62 bits per heavy atom. The molecule has 152 valence electrons. The Morgan fingerprint density at radius 2 is 1.86 bits per heavy atom. The lowest BCUT2D eigenvalue weighted by atomic mass is 9.75. The lowest BCUT2D eigenvalue weighted by Crippen LogP contribution is -2.58. The quantitative estimate of drug-likeness (QED) is 0.684. The molecular weight excluding hydrogens is 360 g/mol. The molecule has 0 aliphatic carbocycles. The van der Waals surface area contributed by atoms with Gasteiger partial charge in [-0.25, -0.2) is 0 Å². The van der Waals surface area contributed by atoms with E-state index in [1.165, 1.54) is 18.4 Å². The minimum atomic E-state index is -0.552. The largest absolute Gasteiger partial charge is 0.494 e. The molecule has 4 nitrogen and oxygen atoms in total. The molecule has 0 bridgehead atoms. The molecule has 1 amide bonds. The fraction of sp³-hybridized carbons (Fsp3) is 0.400. The van der Waals surface area contributed by atoms with Crippen molar-refractivity contribution in [1.29, 1.82) is 0 Å². The first-order valence-corrected chi connectivity index (χ1v) is 10.6. The van der Waals surface area contributed by atoms with Crippen LogP contribution in [0.1, 0.15) is 51.2 Å². The Morgan fingerprint density at radius 1 is 1.10 bits per heavy atom. The Hall–Kier alpha value is -2.75. The van der Waals surface area contributed by atoms with Crippen molar-refractivity contribution in [1.82, 2.24) is 5.32 Å². The van der Waals surface area contributed by atoms with Gasteiger partial charge in [-0.15, -0.1) is 0 Å². The van der Waals surface area contributed by atoms with E-state index >= 15 is 0 Å². The number of ether oxygens (including phenoxy) is 1. The first-order valence-electron chi connectivity index (χ1n) is 10.6. The highest BCUT2D eigenvalue weighted by Gasteiger charge is 2.59. The Kier molecular flexibility index (Phi) is 5.12. The minimum Gasteiger partial charge on any atom is -0.494 e. The molecule has 2 aliphatic rings. The van der Waals surface area contributed by atoms with Crippen LogP contribution in [0.5, 0.6) is 5.75 Å². The highest BCUT2D eigenvalue weighted by molar-refractivity contribution is 5.91. The summed E-state index contributed by atoms with van der Waals surface area (Å²) >= 11 is 0. The molecule has 2 heterocycles. The SMILES string of the molecule is CCCCCOc1ccc(/C=C/[C@@]23NC(=O)CN2c2ccccc2C3(C)C)cc1. The molecule has 1 atom stereocenters. The number of amides is 1. The van der Waals surface area contributed by atoms with E-state index in [1.54, 1.807) is 0 Å². The molecular formula is C25H30N2O2. The van der Waals surface area contributed by atoms with Crippen LogP contribution in [-0.2, 0) is 10.2 Å². The number of benzene rings is 2. The topological polar surface area (TPSA) is 41.6 Å². The van der Waals surface area contributed by atoms with Crippen LogP contribution in [0.4, 0.5) is 5.69 Å². The summed E-state index contributed by atoms with van der Waals surface area (Å²) in [5.41, 5.74) is 2.70. The molecule has 29 heavy (non-hydrogen) atoms. The number of fused-ring (bicyclic) bond motifs is 3. The van der Waals surface area contributed by atoms with Gasteiger partial charge in [0, 0.05) is 11.1 Å². The summed E-state index contributed by atoms with van der Waals surface area (Å²) in [4.78, 5) is 14.6. The smallest absolute Gasteiger partial charge is 0.241 e. The molecule has 1 saturated heterocycles. The highest BCUT2D eigenvalue weighted by Crippen LogP contribution is 2.52. The lowest BCUT2D eigenvalue weighted by Gasteiger charge is -2.40. The van der Waals surface area contributed by atoms with Gasteiger partial charge < -0.3 is 15.0 Å². The van der Waals surface area contributed by atoms with Crippen molar-refractivity contribution in [2.24, 2.45) is 0 Å². The number of nitrogens with one attached hydrogen (secondary N) is 1. The van der Waals surface area contributed by atoms with Crippen molar-refractivity contribution in [2.45, 2.75) is 51.1 Å². The summed E-state index contributed by atoms with van der Waals surface area (Å²) in [5, 5.41) is 3.26. The first kappa shape index (κ1) is 19.6. The number of carbonyl (C=O) groups excluding carboxylic acids is 1. The van der Waals surface area contributed by atoms with Gasteiger partial charge in [-0.3, -0.25) is 4.79 Å². The fourth-order valence-corrected chi connectivity index (χ4v) is 4.57. The number of hydrogen-bond acceptors (Lipinski definition) is 3. The summed E-state index contributed by atoms with van der Waals surface area (Å²) in [5.74, 6) is 0.967. The van der Waals surface area contributed by atoms with Gasteiger partial charge in [0.15, 0.2) is 0 Å². The van der Waals surface area contributed by atoms with Gasteiger partial charge in [-0.1, -0.05) is 70.0 Å². The second-order valence-electron chi connectivity index (χ2n) is 8.50. The zero-order valence-electron chi connectivity index (χ0n) is 17.6. The third-order valence-electron chi connectivity index (χ3n) is 6.29. The maximum atomic E-state index is 12.4. The van der Waals surface area contributed by atoms with Crippen LogP contribution in [-0.4, -0.2) is 24.7 Å². The Balaban J connectivity index is 1.56. The molecule has 4 heteroatoms. The lowest BCUT2D eigenvalue weighted by molar-refractivity contribution is -0.118. The number of anilines is 1. The van der Waals surface area contributed by atoms with Crippen molar-refractivity contribution < 1.29 is 9.53 Å². The van der Waals surface area contributed by atoms with E-state index in [9.17, 15) is 4.79 Å². The van der Waals surface area contributed by atoms with Gasteiger partial charge in [0.05, 0.1) is 13.2 Å². The standard InChI is InChI=1S/C25H30N2O2/c1-4-5-8-17-29-20-13-11-19(12-14-20)15-16-25-24(2,3)21-9-6-7-10-22(21)27(25)18-23(28)26-25/h6-7,9-16H,4-5,8,17-18H2,1-3H3,(H,26,28)/b16-15+/t25-/m1/s1. The third kappa shape index (κ3) is 3.31. The normalized spacial score (nSPS) is 21.9. The molecule has 0 radical (unpaired) electrons. The molecule has 0 spiro atoms. The van der Waals surface area contributed by atoms with E-state index < -0.39 is 5.66 Å². The molecule has 0 aromatic heterocycles. The van der Waals surface area contributed by atoms with Crippen LogP contribution in [0.2, 0.25) is 0 Å². The van der Waals surface area contributed by atoms with E-state index in [1.807, 2.05) is 18.2 Å². The molecule has 0 saturated carbocycles. The monoisotopic (exact) mass is 390 g/mol. The van der Waals surface area contributed by atoms with Crippen molar-refractivity contribution in [3.05, 3.63) is 65.7 Å². The molecule has 2 aromatic carbocycles. The van der Waals surface area contributed by atoms with E-state index in [2.05, 4.69) is 73.5 Å². The zero-order chi connectivity index (χ0) is 20.5. The maximum Gasteiger partial charge on any atom is 0.241 e. The summed E-state index contributed by atoms with van der Waals surface area (Å²) < 4.78 is 5.81. The molecule has 1 fully saturated rings. The van der Waals surface area contributed by atoms with Crippen LogP contribution in [0, 0.1) is 0 Å². The number of carbonyl (C=O) groups is 1. The van der Waals surface area contributed by atoms with Crippen LogP contribution in [0.3, 0.4) is 0 Å². The third-order valence-corrected chi connectivity index (χ3v) is 6.29. The molecule has 0 unspecified atom stereocenters. The number of hydrogen-bond donors (Lipinski definition) is 1. The average Bonchev–Trinajstić information content (AvgIpc) is 3.15. The van der Waals surface area contributed by atoms with Gasteiger partial charge in [-0.2, -0.15) is 0 Å². The summed E-state index contributed by atoms with van der Waals surface area (Å²) in [6, 6.07) is 16.6. The number of para-hydroxylation sites is 1. The molecule has 4 rings (SSSR count). The average molecular weight is 391 g/mol. The van der Waals surface area contributed by atoms with Crippen LogP contribution >= 0.6 is 0 Å². The molecule has 1 N–H and O–H groups in total. The van der Waals surface area contributed by atoms with Crippen molar-refractivity contribution in [3.8, 4) is 5.75 Å². The van der Waals surface area contributed by atoms with Crippen molar-refractivity contribution >= 4 is 17.7 Å². The van der Waals surface area contributed by atoms with E-state index in [4.69, 9.17) is 4.74 Å². The Bertz CT molecular complexity index is 917. The Labute approximate surface area is 173 Å². The van der Waals surface area contributed by atoms with Gasteiger partial charge in [-0.05, 0) is 41.8 Å². The van der Waals surface area contributed by atoms with Crippen LogP contribution < -0.4 is 15.0 Å². The van der Waals surface area contributed by atoms with Crippen LogP contribution in [0.15, 0.2) is 54.6 Å². The van der Waals surface area contributed by atoms with Gasteiger partial charge in [0.25, 0.3) is 0 Å². The van der Waals surface area contributed by atoms with Crippen molar-refractivity contribution in [3.63, 3.8) is 0 Å². The number of rotatable bonds is 7. The summed E-state index contributed by atoms with van der Waals surface area (Å²) in [6.45, 7) is 7.75. The second kappa shape index (κ2) is 7.58. The van der Waals surface area contributed by atoms with E-state index in [0.29, 0.717) is 6.54 Å². The predicted molar refractivity (Wildman–Crippen MR) is 118 cm³/mol. The highest BCUT2D eigenvalue weighted by atomic mass is 16.5. The van der Waals surface area contributed by atoms with Gasteiger partial charge in [0.1, 0.15) is 11.4 Å². The minimum absolute atomic E-state index is 0.0630. The van der Waals surface area contributed by atoms with E-state index in [-0.39, 0.29) is 11.3 Å².